The zero-order chi connectivity index (χ0) is 17.3. The minimum atomic E-state index is -0.658. The highest BCUT2D eigenvalue weighted by Gasteiger charge is 2.19. The molecule has 1 N–H and O–H groups in total. The number of ketones is 1. The van der Waals surface area contributed by atoms with Gasteiger partial charge in [0, 0.05) is 5.39 Å². The van der Waals surface area contributed by atoms with Gasteiger partial charge in [0.15, 0.2) is 17.2 Å². The van der Waals surface area contributed by atoms with E-state index in [4.69, 9.17) is 27.6 Å². The van der Waals surface area contributed by atoms with Gasteiger partial charge in [-0.3, -0.25) is 4.79 Å². The molecule has 0 saturated carbocycles. The highest BCUT2D eigenvalue weighted by molar-refractivity contribution is 6.51. The van der Waals surface area contributed by atoms with E-state index in [1.165, 1.54) is 12.1 Å². The number of carbonyl (C=O) groups is 1. The number of benzene rings is 2. The molecule has 0 amide bonds. The van der Waals surface area contributed by atoms with Gasteiger partial charge in [-0.15, -0.1) is 0 Å². The quantitative estimate of drug-likeness (QED) is 0.531. The van der Waals surface area contributed by atoms with Gasteiger partial charge in [0.2, 0.25) is 0 Å². The molecule has 5 nitrogen and oxygen atoms in total. The first-order valence-electron chi connectivity index (χ1n) is 6.69. The lowest BCUT2D eigenvalue weighted by Gasteiger charge is -2.02. The standard InChI is InChI=1S/C17H8Cl2N2O3/c18-11-6-10(7-12(19)16(11)22)21-13(8-20)17(23)15-5-9-3-1-2-4-14(9)24-15/h1-7,22H. The van der Waals surface area contributed by atoms with Gasteiger partial charge in [0.05, 0.1) is 15.7 Å². The lowest BCUT2D eigenvalue weighted by Crippen LogP contribution is -2.11. The lowest BCUT2D eigenvalue weighted by molar-refractivity contribution is 0.104. The smallest absolute Gasteiger partial charge is 0.257 e. The third kappa shape index (κ3) is 2.98. The first-order valence-corrected chi connectivity index (χ1v) is 7.45. The summed E-state index contributed by atoms with van der Waals surface area (Å²) in [7, 11) is 0. The molecule has 2 aromatic carbocycles. The van der Waals surface area contributed by atoms with Gasteiger partial charge in [-0.25, -0.2) is 4.99 Å². The summed E-state index contributed by atoms with van der Waals surface area (Å²) in [6.45, 7) is 0. The predicted molar refractivity (Wildman–Crippen MR) is 91.4 cm³/mol. The summed E-state index contributed by atoms with van der Waals surface area (Å²) < 4.78 is 5.44. The van der Waals surface area contributed by atoms with E-state index in [2.05, 4.69) is 4.99 Å². The minimum absolute atomic E-state index is 0.00692. The van der Waals surface area contributed by atoms with Crippen LogP contribution in [0.2, 0.25) is 10.0 Å². The topological polar surface area (TPSA) is 86.6 Å². The zero-order valence-corrected chi connectivity index (χ0v) is 13.5. The Kier molecular flexibility index (Phi) is 4.26. The molecule has 3 aromatic rings. The number of phenolic OH excluding ortho intramolecular Hbond substituents is 1. The molecule has 3 rings (SSSR count). The minimum Gasteiger partial charge on any atom is -0.505 e. The molecule has 7 heteroatoms. The van der Waals surface area contributed by atoms with Crippen molar-refractivity contribution in [3.63, 3.8) is 0 Å². The van der Waals surface area contributed by atoms with Crippen molar-refractivity contribution in [3.05, 3.63) is 58.3 Å². The number of aliphatic imine (C=N–C) groups is 1. The number of hydrogen-bond donors (Lipinski definition) is 1. The number of hydrogen-bond acceptors (Lipinski definition) is 5. The van der Waals surface area contributed by atoms with Crippen molar-refractivity contribution in [3.8, 4) is 11.8 Å². The van der Waals surface area contributed by atoms with Crippen LogP contribution >= 0.6 is 23.2 Å². The van der Waals surface area contributed by atoms with Gasteiger partial charge in [0.1, 0.15) is 11.7 Å². The molecule has 0 saturated heterocycles. The molecular weight excluding hydrogens is 351 g/mol. The SMILES string of the molecule is N#CC(=Nc1cc(Cl)c(O)c(Cl)c1)C(=O)c1cc2ccccc2o1. The number of furan rings is 1. The van der Waals surface area contributed by atoms with Crippen LogP contribution in [0.1, 0.15) is 10.6 Å². The fourth-order valence-electron chi connectivity index (χ4n) is 2.08. The summed E-state index contributed by atoms with van der Waals surface area (Å²) >= 11 is 11.6. The van der Waals surface area contributed by atoms with Crippen LogP contribution in [0.3, 0.4) is 0 Å². The number of nitriles is 1. The molecule has 0 bridgehead atoms. The van der Waals surface area contributed by atoms with Crippen LogP contribution in [0.5, 0.6) is 5.75 Å². The first-order chi connectivity index (χ1) is 11.5. The van der Waals surface area contributed by atoms with Gasteiger partial charge in [-0.05, 0) is 24.3 Å². The van der Waals surface area contributed by atoms with Gasteiger partial charge < -0.3 is 9.52 Å². The average molecular weight is 359 g/mol. The summed E-state index contributed by atoms with van der Waals surface area (Å²) in [4.78, 5) is 16.4. The van der Waals surface area contributed by atoms with E-state index in [-0.39, 0.29) is 33.0 Å². The summed E-state index contributed by atoms with van der Waals surface area (Å²) in [6, 6.07) is 13.0. The summed E-state index contributed by atoms with van der Waals surface area (Å²) in [5.41, 5.74) is 0.324. The monoisotopic (exact) mass is 358 g/mol. The van der Waals surface area contributed by atoms with Crippen molar-refractivity contribution in [1.29, 1.82) is 5.26 Å². The average Bonchev–Trinajstić information content (AvgIpc) is 3.01. The van der Waals surface area contributed by atoms with Crippen molar-refractivity contribution in [2.24, 2.45) is 4.99 Å². The maximum Gasteiger partial charge on any atom is 0.257 e. The van der Waals surface area contributed by atoms with Crippen LogP contribution in [0, 0.1) is 11.3 Å². The number of fused-ring (bicyclic) bond motifs is 1. The van der Waals surface area contributed by atoms with Crippen molar-refractivity contribution in [2.75, 3.05) is 0 Å². The maximum absolute atomic E-state index is 12.4. The molecule has 0 unspecified atom stereocenters. The molecule has 1 heterocycles. The van der Waals surface area contributed by atoms with Crippen LogP contribution in [0.4, 0.5) is 5.69 Å². The summed E-state index contributed by atoms with van der Waals surface area (Å²) in [5, 5.41) is 19.4. The Morgan fingerprint density at radius 2 is 1.83 bits per heavy atom. The molecule has 0 aliphatic rings. The molecule has 0 spiro atoms. The van der Waals surface area contributed by atoms with Crippen molar-refractivity contribution in [2.45, 2.75) is 0 Å². The van der Waals surface area contributed by atoms with Crippen LogP contribution in [0.25, 0.3) is 11.0 Å². The van der Waals surface area contributed by atoms with Crippen LogP contribution in [0.15, 0.2) is 51.9 Å². The van der Waals surface area contributed by atoms with E-state index < -0.39 is 5.78 Å². The third-order valence-electron chi connectivity index (χ3n) is 3.21. The van der Waals surface area contributed by atoms with Gasteiger partial charge in [0.25, 0.3) is 5.78 Å². The normalized spacial score (nSPS) is 11.5. The third-order valence-corrected chi connectivity index (χ3v) is 3.79. The van der Waals surface area contributed by atoms with Crippen molar-refractivity contribution < 1.29 is 14.3 Å². The Morgan fingerprint density at radius 3 is 2.46 bits per heavy atom. The number of rotatable bonds is 3. The zero-order valence-electron chi connectivity index (χ0n) is 12.0. The Morgan fingerprint density at radius 1 is 1.17 bits per heavy atom. The fourth-order valence-corrected chi connectivity index (χ4v) is 2.56. The number of Topliss-reactive ketones (excluding diaryl/α,β-unsaturated/α-hetero) is 1. The number of halogens is 2. The molecule has 24 heavy (non-hydrogen) atoms. The highest BCUT2D eigenvalue weighted by Crippen LogP contribution is 2.35. The Bertz CT molecular complexity index is 976. The molecule has 0 aliphatic heterocycles. The Balaban J connectivity index is 2.02. The number of carbonyl (C=O) groups excluding carboxylic acids is 1. The second kappa shape index (κ2) is 6.36. The summed E-state index contributed by atoms with van der Waals surface area (Å²) in [5.74, 6) is -0.944. The second-order valence-corrected chi connectivity index (χ2v) is 5.62. The van der Waals surface area contributed by atoms with Gasteiger partial charge in [-0.2, -0.15) is 5.26 Å². The number of nitrogens with zero attached hydrogens (tertiary/aromatic N) is 2. The fraction of sp³-hybridized carbons (Fsp3) is 0. The van der Waals surface area contributed by atoms with E-state index in [1.54, 1.807) is 30.3 Å². The van der Waals surface area contributed by atoms with E-state index in [0.29, 0.717) is 5.58 Å². The van der Waals surface area contributed by atoms with E-state index in [9.17, 15) is 15.2 Å². The molecule has 0 atom stereocenters. The van der Waals surface area contributed by atoms with Crippen LogP contribution < -0.4 is 0 Å². The lowest BCUT2D eigenvalue weighted by atomic mass is 10.2. The van der Waals surface area contributed by atoms with E-state index in [1.807, 2.05) is 6.07 Å². The number of para-hydroxylation sites is 1. The van der Waals surface area contributed by atoms with Crippen molar-refractivity contribution >= 4 is 51.4 Å². The molecule has 0 aliphatic carbocycles. The summed E-state index contributed by atoms with van der Waals surface area (Å²) in [6.07, 6.45) is 0. The second-order valence-electron chi connectivity index (χ2n) is 4.81. The van der Waals surface area contributed by atoms with Crippen LogP contribution in [-0.2, 0) is 0 Å². The molecular formula is C17H8Cl2N2O3. The number of phenols is 1. The first kappa shape index (κ1) is 16.1. The van der Waals surface area contributed by atoms with Gasteiger partial charge >= 0.3 is 0 Å². The maximum atomic E-state index is 12.4. The largest absolute Gasteiger partial charge is 0.505 e. The van der Waals surface area contributed by atoms with E-state index >= 15 is 0 Å². The van der Waals surface area contributed by atoms with Gasteiger partial charge in [-0.1, -0.05) is 41.4 Å². The Labute approximate surface area is 146 Å². The van der Waals surface area contributed by atoms with Crippen LogP contribution in [-0.4, -0.2) is 16.6 Å². The van der Waals surface area contributed by atoms with E-state index in [0.717, 1.165) is 5.39 Å². The Hall–Kier alpha value is -2.81. The van der Waals surface area contributed by atoms with Crippen molar-refractivity contribution in [1.82, 2.24) is 0 Å². The molecule has 0 fully saturated rings. The molecule has 0 radical (unpaired) electrons. The molecule has 1 aromatic heterocycles. The molecule has 118 valence electrons. The number of aromatic hydroxyl groups is 1. The highest BCUT2D eigenvalue weighted by atomic mass is 35.5. The predicted octanol–water partition coefficient (Wildman–Crippen LogP) is 4.92.